The zero-order valence-corrected chi connectivity index (χ0v) is 10.3. The zero-order valence-electron chi connectivity index (χ0n) is 10.3. The number of carbonyl (C=O) groups is 1. The number of hydrogen-bond donors (Lipinski definition) is 2. The molecule has 16 heavy (non-hydrogen) atoms. The Labute approximate surface area is 96.7 Å². The Morgan fingerprint density at radius 3 is 1.94 bits per heavy atom. The molecule has 3 nitrogen and oxygen atoms in total. The van der Waals surface area contributed by atoms with E-state index in [-0.39, 0.29) is 5.92 Å². The van der Waals surface area contributed by atoms with Crippen molar-refractivity contribution < 1.29 is 15.0 Å². The summed E-state index contributed by atoms with van der Waals surface area (Å²) in [6.45, 7) is 6.80. The average molecular weight is 224 g/mol. The maximum absolute atomic E-state index is 9.74. The Hall–Kier alpha value is -1.35. The topological polar surface area (TPSA) is 57.5 Å². The molecule has 0 heterocycles. The summed E-state index contributed by atoms with van der Waals surface area (Å²) in [6, 6.07) is 10.1. The minimum atomic E-state index is -0.833. The number of aliphatic carboxylic acids is 1. The SMILES string of the molecule is CC(=O)O.CC(c1ccccc1)C(C)(C)O. The number of aliphatic hydroxyl groups is 1. The highest BCUT2D eigenvalue weighted by Gasteiger charge is 2.23. The number of carboxylic acid groups (broad SMARTS) is 1. The number of benzene rings is 1. The van der Waals surface area contributed by atoms with Gasteiger partial charge in [0.15, 0.2) is 0 Å². The summed E-state index contributed by atoms with van der Waals surface area (Å²) in [5, 5.41) is 17.2. The van der Waals surface area contributed by atoms with Crippen LogP contribution in [-0.4, -0.2) is 21.8 Å². The van der Waals surface area contributed by atoms with Crippen molar-refractivity contribution in [2.75, 3.05) is 0 Å². The fraction of sp³-hybridized carbons (Fsp3) is 0.462. The molecule has 0 saturated carbocycles. The highest BCUT2D eigenvalue weighted by Crippen LogP contribution is 2.26. The van der Waals surface area contributed by atoms with Crippen LogP contribution in [0.25, 0.3) is 0 Å². The van der Waals surface area contributed by atoms with Gasteiger partial charge < -0.3 is 10.2 Å². The fourth-order valence-electron chi connectivity index (χ4n) is 1.15. The van der Waals surface area contributed by atoms with Gasteiger partial charge in [0.05, 0.1) is 5.60 Å². The van der Waals surface area contributed by atoms with Gasteiger partial charge in [-0.3, -0.25) is 4.79 Å². The lowest BCUT2D eigenvalue weighted by Gasteiger charge is -2.26. The van der Waals surface area contributed by atoms with E-state index < -0.39 is 11.6 Å². The molecular formula is C13H20O3. The predicted octanol–water partition coefficient (Wildman–Crippen LogP) is 2.65. The third kappa shape index (κ3) is 6.19. The largest absolute Gasteiger partial charge is 0.481 e. The molecule has 0 aliphatic carbocycles. The second-order valence-corrected chi connectivity index (χ2v) is 4.31. The fourth-order valence-corrected chi connectivity index (χ4v) is 1.15. The molecule has 1 atom stereocenters. The minimum absolute atomic E-state index is 0.179. The molecule has 3 heteroatoms. The van der Waals surface area contributed by atoms with E-state index in [4.69, 9.17) is 9.90 Å². The third-order valence-electron chi connectivity index (χ3n) is 2.36. The molecule has 0 radical (unpaired) electrons. The van der Waals surface area contributed by atoms with E-state index in [1.807, 2.05) is 51.1 Å². The Kier molecular flexibility index (Phi) is 5.75. The van der Waals surface area contributed by atoms with Gasteiger partial charge in [-0.1, -0.05) is 37.3 Å². The van der Waals surface area contributed by atoms with Crippen LogP contribution in [0, 0.1) is 0 Å². The first-order valence-corrected chi connectivity index (χ1v) is 5.22. The second-order valence-electron chi connectivity index (χ2n) is 4.31. The van der Waals surface area contributed by atoms with E-state index in [1.54, 1.807) is 0 Å². The molecule has 0 spiro atoms. The minimum Gasteiger partial charge on any atom is -0.481 e. The van der Waals surface area contributed by atoms with Crippen molar-refractivity contribution in [3.05, 3.63) is 35.9 Å². The van der Waals surface area contributed by atoms with Crippen LogP contribution in [-0.2, 0) is 4.79 Å². The van der Waals surface area contributed by atoms with Crippen LogP contribution in [0.15, 0.2) is 30.3 Å². The lowest BCUT2D eigenvalue weighted by atomic mass is 9.87. The van der Waals surface area contributed by atoms with Crippen molar-refractivity contribution in [2.24, 2.45) is 0 Å². The molecule has 0 aliphatic heterocycles. The molecule has 1 aromatic carbocycles. The van der Waals surface area contributed by atoms with Crippen LogP contribution in [0.4, 0.5) is 0 Å². The quantitative estimate of drug-likeness (QED) is 0.812. The summed E-state index contributed by atoms with van der Waals surface area (Å²) in [5.41, 5.74) is 0.548. The molecule has 0 fully saturated rings. The standard InChI is InChI=1S/C11H16O.C2H4O2/c1-9(11(2,3)12)10-7-5-4-6-8-10;1-2(3)4/h4-9,12H,1-3H3;1H3,(H,3,4). The van der Waals surface area contributed by atoms with Crippen LogP contribution < -0.4 is 0 Å². The van der Waals surface area contributed by atoms with Gasteiger partial charge in [0.25, 0.3) is 5.97 Å². The van der Waals surface area contributed by atoms with Gasteiger partial charge in [-0.25, -0.2) is 0 Å². The van der Waals surface area contributed by atoms with Crippen LogP contribution in [0.2, 0.25) is 0 Å². The summed E-state index contributed by atoms with van der Waals surface area (Å²) in [4.78, 5) is 9.00. The second kappa shape index (κ2) is 6.28. The van der Waals surface area contributed by atoms with Gasteiger partial charge in [0.1, 0.15) is 0 Å². The molecule has 2 N–H and O–H groups in total. The van der Waals surface area contributed by atoms with Crippen LogP contribution in [0.1, 0.15) is 39.2 Å². The van der Waals surface area contributed by atoms with Gasteiger partial charge in [-0.2, -0.15) is 0 Å². The number of rotatable bonds is 2. The maximum atomic E-state index is 9.74. The summed E-state index contributed by atoms with van der Waals surface area (Å²) in [7, 11) is 0. The van der Waals surface area contributed by atoms with Crippen LogP contribution in [0.5, 0.6) is 0 Å². The molecule has 0 amide bonds. The molecule has 0 aliphatic rings. The molecule has 0 aromatic heterocycles. The third-order valence-corrected chi connectivity index (χ3v) is 2.36. The van der Waals surface area contributed by atoms with Gasteiger partial charge in [-0.15, -0.1) is 0 Å². The van der Waals surface area contributed by atoms with Gasteiger partial charge >= 0.3 is 0 Å². The van der Waals surface area contributed by atoms with E-state index in [0.29, 0.717) is 0 Å². The van der Waals surface area contributed by atoms with E-state index >= 15 is 0 Å². The van der Waals surface area contributed by atoms with Crippen LogP contribution >= 0.6 is 0 Å². The Balaban J connectivity index is 0.000000487. The summed E-state index contributed by atoms with van der Waals surface area (Å²) >= 11 is 0. The van der Waals surface area contributed by atoms with E-state index in [0.717, 1.165) is 6.92 Å². The number of carboxylic acids is 1. The molecule has 90 valence electrons. The normalized spacial score (nSPS) is 12.3. The lowest BCUT2D eigenvalue weighted by Crippen LogP contribution is -2.26. The molecule has 1 rings (SSSR count). The van der Waals surface area contributed by atoms with Crippen molar-refractivity contribution in [3.63, 3.8) is 0 Å². The first-order chi connectivity index (χ1) is 7.25. The van der Waals surface area contributed by atoms with E-state index in [2.05, 4.69) is 0 Å². The van der Waals surface area contributed by atoms with Crippen molar-refractivity contribution in [1.82, 2.24) is 0 Å². The molecule has 1 unspecified atom stereocenters. The summed E-state index contributed by atoms with van der Waals surface area (Å²) in [5.74, 6) is -0.654. The maximum Gasteiger partial charge on any atom is 0.300 e. The molecule has 0 saturated heterocycles. The van der Waals surface area contributed by atoms with Gasteiger partial charge in [0, 0.05) is 12.8 Å². The molecule has 1 aromatic rings. The number of hydrogen-bond acceptors (Lipinski definition) is 2. The average Bonchev–Trinajstić information content (AvgIpc) is 2.16. The zero-order chi connectivity index (χ0) is 12.8. The molecular weight excluding hydrogens is 204 g/mol. The summed E-state index contributed by atoms with van der Waals surface area (Å²) in [6.07, 6.45) is 0. The Morgan fingerprint density at radius 1 is 1.25 bits per heavy atom. The smallest absolute Gasteiger partial charge is 0.300 e. The van der Waals surface area contributed by atoms with E-state index in [1.165, 1.54) is 5.56 Å². The molecule has 0 bridgehead atoms. The Morgan fingerprint density at radius 2 is 1.62 bits per heavy atom. The highest BCUT2D eigenvalue weighted by molar-refractivity contribution is 5.62. The van der Waals surface area contributed by atoms with Gasteiger partial charge in [0.2, 0.25) is 0 Å². The summed E-state index contributed by atoms with van der Waals surface area (Å²) < 4.78 is 0. The van der Waals surface area contributed by atoms with E-state index in [9.17, 15) is 5.11 Å². The highest BCUT2D eigenvalue weighted by atomic mass is 16.4. The van der Waals surface area contributed by atoms with Crippen LogP contribution in [0.3, 0.4) is 0 Å². The van der Waals surface area contributed by atoms with Gasteiger partial charge in [-0.05, 0) is 19.4 Å². The monoisotopic (exact) mass is 224 g/mol. The predicted molar refractivity (Wildman–Crippen MR) is 64.5 cm³/mol. The first kappa shape index (κ1) is 14.6. The van der Waals surface area contributed by atoms with Crippen molar-refractivity contribution >= 4 is 5.97 Å². The first-order valence-electron chi connectivity index (χ1n) is 5.22. The Bertz CT molecular complexity index is 308. The lowest BCUT2D eigenvalue weighted by molar-refractivity contribution is -0.134. The van der Waals surface area contributed by atoms with Crippen molar-refractivity contribution in [1.29, 1.82) is 0 Å². The van der Waals surface area contributed by atoms with Crippen molar-refractivity contribution in [2.45, 2.75) is 39.2 Å². The van der Waals surface area contributed by atoms with Crippen molar-refractivity contribution in [3.8, 4) is 0 Å².